The first-order valence-corrected chi connectivity index (χ1v) is 8.09. The molecular formula is C17H19ClFNO3. The van der Waals surface area contributed by atoms with E-state index in [0.29, 0.717) is 25.3 Å². The van der Waals surface area contributed by atoms with E-state index < -0.39 is 5.82 Å². The summed E-state index contributed by atoms with van der Waals surface area (Å²) in [5, 5.41) is -0.0423. The van der Waals surface area contributed by atoms with Crippen LogP contribution in [0.3, 0.4) is 0 Å². The standard InChI is InChI=1S/C17H19ClFNO3/c1-2-8-22-15-6-5-14-16(15)23-9-7-20(14)17(21)11-3-4-13(19)12(18)10-11/h2-4,10,14-16H,1,5-9H2/t14-,15-,16-/m0/s1. The average molecular weight is 340 g/mol. The molecule has 4 nitrogen and oxygen atoms in total. The highest BCUT2D eigenvalue weighted by molar-refractivity contribution is 6.31. The van der Waals surface area contributed by atoms with Gasteiger partial charge in [-0.3, -0.25) is 4.79 Å². The lowest BCUT2D eigenvalue weighted by Crippen LogP contribution is -2.53. The SMILES string of the molecule is C=CCO[C@H]1CC[C@H]2[C@@H]1OCCN2C(=O)c1ccc(F)c(Cl)c1. The summed E-state index contributed by atoms with van der Waals surface area (Å²) in [5.41, 5.74) is 0.396. The third-order valence-corrected chi connectivity index (χ3v) is 4.68. The molecule has 124 valence electrons. The van der Waals surface area contributed by atoms with Gasteiger partial charge in [0.25, 0.3) is 5.91 Å². The number of ether oxygens (including phenoxy) is 2. The number of nitrogens with zero attached hydrogens (tertiary/aromatic N) is 1. The van der Waals surface area contributed by atoms with Gasteiger partial charge in [-0.1, -0.05) is 17.7 Å². The highest BCUT2D eigenvalue weighted by Crippen LogP contribution is 2.33. The van der Waals surface area contributed by atoms with E-state index in [9.17, 15) is 9.18 Å². The highest BCUT2D eigenvalue weighted by atomic mass is 35.5. The Morgan fingerprint density at radius 2 is 2.35 bits per heavy atom. The van der Waals surface area contributed by atoms with E-state index in [1.54, 1.807) is 11.0 Å². The van der Waals surface area contributed by atoms with Crippen LogP contribution in [0.25, 0.3) is 0 Å². The second-order valence-electron chi connectivity index (χ2n) is 5.77. The third kappa shape index (κ3) is 3.27. The van der Waals surface area contributed by atoms with Crippen molar-refractivity contribution in [3.05, 3.63) is 47.3 Å². The molecule has 1 saturated heterocycles. The number of morpholine rings is 1. The van der Waals surface area contributed by atoms with Gasteiger partial charge in [-0.25, -0.2) is 4.39 Å². The molecule has 0 radical (unpaired) electrons. The van der Waals surface area contributed by atoms with Crippen molar-refractivity contribution in [2.75, 3.05) is 19.8 Å². The number of benzene rings is 1. The number of fused-ring (bicyclic) bond motifs is 1. The van der Waals surface area contributed by atoms with Gasteiger partial charge in [0.05, 0.1) is 30.4 Å². The summed E-state index contributed by atoms with van der Waals surface area (Å²) in [6.45, 7) is 5.11. The fraction of sp³-hybridized carbons (Fsp3) is 0.471. The minimum atomic E-state index is -0.526. The van der Waals surface area contributed by atoms with Crippen LogP contribution in [0, 0.1) is 5.82 Å². The molecule has 1 heterocycles. The maximum absolute atomic E-state index is 13.3. The minimum absolute atomic E-state index is 0.0186. The zero-order valence-corrected chi connectivity index (χ0v) is 13.5. The molecule has 3 rings (SSSR count). The first kappa shape index (κ1) is 16.4. The molecule has 0 N–H and O–H groups in total. The number of amides is 1. The quantitative estimate of drug-likeness (QED) is 0.791. The summed E-state index contributed by atoms with van der Waals surface area (Å²) >= 11 is 5.79. The smallest absolute Gasteiger partial charge is 0.254 e. The van der Waals surface area contributed by atoms with Crippen molar-refractivity contribution in [2.45, 2.75) is 31.1 Å². The number of carbonyl (C=O) groups excluding carboxylic acids is 1. The van der Waals surface area contributed by atoms with Crippen molar-refractivity contribution in [2.24, 2.45) is 0 Å². The monoisotopic (exact) mass is 339 g/mol. The molecule has 2 fully saturated rings. The van der Waals surface area contributed by atoms with Crippen LogP contribution in [0.15, 0.2) is 30.9 Å². The summed E-state index contributed by atoms with van der Waals surface area (Å²) < 4.78 is 24.9. The molecule has 6 heteroatoms. The highest BCUT2D eigenvalue weighted by Gasteiger charge is 2.45. The van der Waals surface area contributed by atoms with Crippen molar-refractivity contribution in [1.29, 1.82) is 0 Å². The Morgan fingerprint density at radius 3 is 3.09 bits per heavy atom. The summed E-state index contributed by atoms with van der Waals surface area (Å²) in [6, 6.07) is 4.05. The largest absolute Gasteiger partial charge is 0.372 e. The Labute approximate surface area is 139 Å². The molecule has 1 amide bonds. The van der Waals surface area contributed by atoms with Crippen LogP contribution < -0.4 is 0 Å². The fourth-order valence-corrected chi connectivity index (χ4v) is 3.51. The third-order valence-electron chi connectivity index (χ3n) is 4.39. The molecule has 0 bridgehead atoms. The van der Waals surface area contributed by atoms with Gasteiger partial charge in [0, 0.05) is 12.1 Å². The van der Waals surface area contributed by atoms with Crippen LogP contribution in [-0.4, -0.2) is 48.8 Å². The average Bonchev–Trinajstić information content (AvgIpc) is 2.98. The molecule has 1 aliphatic carbocycles. The predicted molar refractivity (Wildman–Crippen MR) is 85.1 cm³/mol. The normalized spacial score (nSPS) is 26.9. The number of rotatable bonds is 4. The first-order chi connectivity index (χ1) is 11.1. The second-order valence-corrected chi connectivity index (χ2v) is 6.18. The lowest BCUT2D eigenvalue weighted by Gasteiger charge is -2.39. The number of hydrogen-bond acceptors (Lipinski definition) is 3. The van der Waals surface area contributed by atoms with Crippen molar-refractivity contribution < 1.29 is 18.7 Å². The Kier molecular flexibility index (Phi) is 4.99. The zero-order valence-electron chi connectivity index (χ0n) is 12.7. The Morgan fingerprint density at radius 1 is 1.52 bits per heavy atom. The molecule has 0 unspecified atom stereocenters. The summed E-state index contributed by atoms with van der Waals surface area (Å²) in [7, 11) is 0. The Hall–Kier alpha value is -1.43. The molecule has 0 spiro atoms. The maximum Gasteiger partial charge on any atom is 0.254 e. The Balaban J connectivity index is 1.76. The van der Waals surface area contributed by atoms with Gasteiger partial charge < -0.3 is 14.4 Å². The van der Waals surface area contributed by atoms with Crippen LogP contribution in [0.2, 0.25) is 5.02 Å². The molecule has 0 aromatic heterocycles. The molecular weight excluding hydrogens is 321 g/mol. The van der Waals surface area contributed by atoms with Gasteiger partial charge in [0.2, 0.25) is 0 Å². The van der Waals surface area contributed by atoms with Crippen LogP contribution >= 0.6 is 11.6 Å². The first-order valence-electron chi connectivity index (χ1n) is 7.72. The molecule has 1 aliphatic heterocycles. The van der Waals surface area contributed by atoms with Gasteiger partial charge >= 0.3 is 0 Å². The van der Waals surface area contributed by atoms with Gasteiger partial charge in [-0.15, -0.1) is 6.58 Å². The number of halogens is 2. The van der Waals surface area contributed by atoms with Gasteiger partial charge in [-0.2, -0.15) is 0 Å². The lowest BCUT2D eigenvalue weighted by molar-refractivity contribution is -0.100. The molecule has 3 atom stereocenters. The van der Waals surface area contributed by atoms with Crippen LogP contribution in [-0.2, 0) is 9.47 Å². The van der Waals surface area contributed by atoms with E-state index in [2.05, 4.69) is 6.58 Å². The van der Waals surface area contributed by atoms with Crippen molar-refractivity contribution in [1.82, 2.24) is 4.90 Å². The summed E-state index contributed by atoms with van der Waals surface area (Å²) in [6.07, 6.45) is 3.23. The zero-order chi connectivity index (χ0) is 16.4. The second kappa shape index (κ2) is 6.99. The Bertz CT molecular complexity index is 610. The fourth-order valence-electron chi connectivity index (χ4n) is 3.33. The molecule has 2 aliphatic rings. The molecule has 1 aromatic carbocycles. The van der Waals surface area contributed by atoms with E-state index in [4.69, 9.17) is 21.1 Å². The molecule has 1 aromatic rings. The van der Waals surface area contributed by atoms with Crippen LogP contribution in [0.4, 0.5) is 4.39 Å². The van der Waals surface area contributed by atoms with E-state index in [1.807, 2.05) is 0 Å². The number of carbonyl (C=O) groups is 1. The number of hydrogen-bond donors (Lipinski definition) is 0. The van der Waals surface area contributed by atoms with E-state index in [-0.39, 0.29) is 29.2 Å². The lowest BCUT2D eigenvalue weighted by atomic mass is 10.1. The van der Waals surface area contributed by atoms with Gasteiger partial charge in [0.1, 0.15) is 11.9 Å². The van der Waals surface area contributed by atoms with Crippen LogP contribution in [0.5, 0.6) is 0 Å². The van der Waals surface area contributed by atoms with Crippen molar-refractivity contribution in [3.63, 3.8) is 0 Å². The van der Waals surface area contributed by atoms with Crippen LogP contribution in [0.1, 0.15) is 23.2 Å². The molecule has 1 saturated carbocycles. The van der Waals surface area contributed by atoms with Crippen molar-refractivity contribution in [3.8, 4) is 0 Å². The van der Waals surface area contributed by atoms with Gasteiger partial charge in [0.15, 0.2) is 0 Å². The van der Waals surface area contributed by atoms with E-state index in [1.165, 1.54) is 18.2 Å². The van der Waals surface area contributed by atoms with Gasteiger partial charge in [-0.05, 0) is 31.0 Å². The van der Waals surface area contributed by atoms with E-state index in [0.717, 1.165) is 12.8 Å². The summed E-state index contributed by atoms with van der Waals surface area (Å²) in [4.78, 5) is 14.6. The topological polar surface area (TPSA) is 38.8 Å². The van der Waals surface area contributed by atoms with Crippen molar-refractivity contribution >= 4 is 17.5 Å². The minimum Gasteiger partial charge on any atom is -0.372 e. The summed E-state index contributed by atoms with van der Waals surface area (Å²) in [5.74, 6) is -0.670. The predicted octanol–water partition coefficient (Wildman–Crippen LogP) is 3.05. The maximum atomic E-state index is 13.3. The molecule has 23 heavy (non-hydrogen) atoms. The van der Waals surface area contributed by atoms with E-state index >= 15 is 0 Å².